The van der Waals surface area contributed by atoms with Crippen LogP contribution in [0.1, 0.15) is 6.42 Å². The summed E-state index contributed by atoms with van der Waals surface area (Å²) in [4.78, 5) is 0. The summed E-state index contributed by atoms with van der Waals surface area (Å²) in [6.45, 7) is 0.942. The van der Waals surface area contributed by atoms with E-state index in [9.17, 15) is 0 Å². The first-order valence-electron chi connectivity index (χ1n) is 2.25. The summed E-state index contributed by atoms with van der Waals surface area (Å²) in [5.41, 5.74) is 0. The molecule has 0 spiro atoms. The Labute approximate surface area is 39.1 Å². The van der Waals surface area contributed by atoms with Crippen LogP contribution in [0.3, 0.4) is 0 Å². The third kappa shape index (κ3) is 1.01. The van der Waals surface area contributed by atoms with Gasteiger partial charge >= 0.3 is 0 Å². The molecule has 2 radical (unpaired) electrons. The van der Waals surface area contributed by atoms with Crippen LogP contribution < -0.4 is 0 Å². The van der Waals surface area contributed by atoms with E-state index < -0.39 is 0 Å². The maximum Gasteiger partial charge on any atom is 0.0803 e. The molecule has 1 aliphatic heterocycles. The van der Waals surface area contributed by atoms with Crippen molar-refractivity contribution in [1.29, 1.82) is 0 Å². The first kappa shape index (κ1) is 4.19. The van der Waals surface area contributed by atoms with Gasteiger partial charge in [0, 0.05) is 0 Å². The summed E-state index contributed by atoms with van der Waals surface area (Å²) < 4.78 is 4.87. The van der Waals surface area contributed by atoms with Crippen molar-refractivity contribution in [3.8, 4) is 0 Å². The highest BCUT2D eigenvalue weighted by atomic mass is 16.6. The molecule has 32 valence electrons. The molecule has 0 N–H and O–H groups in total. The van der Waals surface area contributed by atoms with Gasteiger partial charge in [-0.3, -0.25) is 0 Å². The number of hydrogen-bond donors (Lipinski definition) is 0. The molecular formula is C4H7BO. The fourth-order valence-electron chi connectivity index (χ4n) is 0.421. The second kappa shape index (κ2) is 1.65. The molecule has 0 amide bonds. The molecule has 1 aliphatic rings. The third-order valence-corrected chi connectivity index (χ3v) is 0.891. The van der Waals surface area contributed by atoms with Crippen LogP contribution in [-0.4, -0.2) is 20.6 Å². The van der Waals surface area contributed by atoms with Crippen molar-refractivity contribution in [3.63, 3.8) is 0 Å². The average Bonchev–Trinajstić information content (AvgIpc) is 2.21. The Bertz CT molecular complexity index is 42.8. The molecule has 2 heteroatoms. The van der Waals surface area contributed by atoms with E-state index in [1.165, 1.54) is 0 Å². The molecule has 1 atom stereocenters. The van der Waals surface area contributed by atoms with E-state index in [0.717, 1.165) is 19.3 Å². The lowest BCUT2D eigenvalue weighted by Crippen LogP contribution is -1.80. The Kier molecular flexibility index (Phi) is 1.15. The highest BCUT2D eigenvalue weighted by Crippen LogP contribution is 2.13. The minimum atomic E-state index is 0.523. The highest BCUT2D eigenvalue weighted by molar-refractivity contribution is 6.08. The fraction of sp³-hybridized carbons (Fsp3) is 1.00. The van der Waals surface area contributed by atoms with Gasteiger partial charge in [0.2, 0.25) is 0 Å². The Balaban J connectivity index is 1.88. The molecule has 0 bridgehead atoms. The van der Waals surface area contributed by atoms with Crippen LogP contribution in [0.4, 0.5) is 0 Å². The van der Waals surface area contributed by atoms with E-state index in [2.05, 4.69) is 0 Å². The van der Waals surface area contributed by atoms with Gasteiger partial charge in [-0.2, -0.15) is 0 Å². The van der Waals surface area contributed by atoms with Crippen LogP contribution in [-0.2, 0) is 4.74 Å². The van der Waals surface area contributed by atoms with Gasteiger partial charge in [-0.25, -0.2) is 0 Å². The molecule has 0 aromatic carbocycles. The van der Waals surface area contributed by atoms with Gasteiger partial charge in [-0.15, -0.1) is 0 Å². The van der Waals surface area contributed by atoms with E-state index in [1.54, 1.807) is 0 Å². The number of rotatable bonds is 2. The Morgan fingerprint density at radius 2 is 2.50 bits per heavy atom. The number of hydrogen-bond acceptors (Lipinski definition) is 1. The average molecular weight is 81.9 g/mol. The second-order valence-corrected chi connectivity index (χ2v) is 1.53. The summed E-state index contributed by atoms with van der Waals surface area (Å²) in [5.74, 6) is 0. The molecule has 0 saturated carbocycles. The first-order valence-corrected chi connectivity index (χ1v) is 2.25. The quantitative estimate of drug-likeness (QED) is 0.346. The summed E-state index contributed by atoms with van der Waals surface area (Å²) >= 11 is 0. The van der Waals surface area contributed by atoms with Crippen molar-refractivity contribution >= 4 is 7.85 Å². The summed E-state index contributed by atoms with van der Waals surface area (Å²) in [7, 11) is 5.19. The zero-order chi connectivity index (χ0) is 4.41. The van der Waals surface area contributed by atoms with E-state index in [1.807, 2.05) is 0 Å². The van der Waals surface area contributed by atoms with Crippen molar-refractivity contribution in [3.05, 3.63) is 0 Å². The molecule has 0 aromatic heterocycles. The van der Waals surface area contributed by atoms with E-state index in [-0.39, 0.29) is 0 Å². The van der Waals surface area contributed by atoms with E-state index in [4.69, 9.17) is 12.6 Å². The zero-order valence-electron chi connectivity index (χ0n) is 3.68. The SMILES string of the molecule is [B]CCC1CO1. The minimum Gasteiger partial charge on any atom is -0.373 e. The van der Waals surface area contributed by atoms with Gasteiger partial charge in [0.25, 0.3) is 0 Å². The van der Waals surface area contributed by atoms with Gasteiger partial charge in [-0.05, 0) is 6.42 Å². The van der Waals surface area contributed by atoms with Crippen LogP contribution in [0.15, 0.2) is 0 Å². The lowest BCUT2D eigenvalue weighted by Gasteiger charge is -1.80. The summed E-state index contributed by atoms with van der Waals surface area (Å²) in [5, 5.41) is 0. The fourth-order valence-corrected chi connectivity index (χ4v) is 0.421. The maximum atomic E-state index is 5.19. The summed E-state index contributed by atoms with van der Waals surface area (Å²) in [6.07, 6.45) is 2.33. The topological polar surface area (TPSA) is 12.5 Å². The molecule has 0 aromatic rings. The largest absolute Gasteiger partial charge is 0.373 e. The third-order valence-electron chi connectivity index (χ3n) is 0.891. The maximum absolute atomic E-state index is 5.19. The molecule has 1 fully saturated rings. The molecule has 1 unspecified atom stereocenters. The smallest absolute Gasteiger partial charge is 0.0803 e. The van der Waals surface area contributed by atoms with Gasteiger partial charge < -0.3 is 4.74 Å². The van der Waals surface area contributed by atoms with Crippen LogP contribution in [0.25, 0.3) is 0 Å². The van der Waals surface area contributed by atoms with Crippen LogP contribution >= 0.6 is 0 Å². The summed E-state index contributed by atoms with van der Waals surface area (Å²) in [6, 6.07) is 0. The van der Waals surface area contributed by atoms with Crippen molar-refractivity contribution in [1.82, 2.24) is 0 Å². The zero-order valence-corrected chi connectivity index (χ0v) is 3.68. The molecule has 6 heavy (non-hydrogen) atoms. The van der Waals surface area contributed by atoms with E-state index >= 15 is 0 Å². The number of epoxide rings is 1. The Hall–Kier alpha value is 0.0249. The predicted molar refractivity (Wildman–Crippen MR) is 24.9 cm³/mol. The van der Waals surface area contributed by atoms with Crippen LogP contribution in [0, 0.1) is 0 Å². The van der Waals surface area contributed by atoms with Crippen molar-refractivity contribution in [2.75, 3.05) is 6.61 Å². The van der Waals surface area contributed by atoms with Crippen molar-refractivity contribution in [2.45, 2.75) is 18.8 Å². The molecule has 1 heterocycles. The van der Waals surface area contributed by atoms with Gasteiger partial charge in [0.15, 0.2) is 0 Å². The highest BCUT2D eigenvalue weighted by Gasteiger charge is 2.19. The predicted octanol–water partition coefficient (Wildman–Crippen LogP) is 0.362. The van der Waals surface area contributed by atoms with Gasteiger partial charge in [0.05, 0.1) is 20.6 Å². The van der Waals surface area contributed by atoms with Crippen molar-refractivity contribution < 1.29 is 4.74 Å². The molecule has 1 rings (SSSR count). The molecule has 1 nitrogen and oxygen atoms in total. The van der Waals surface area contributed by atoms with Gasteiger partial charge in [0.1, 0.15) is 0 Å². The second-order valence-electron chi connectivity index (χ2n) is 1.53. The molecule has 0 aliphatic carbocycles. The van der Waals surface area contributed by atoms with Crippen molar-refractivity contribution in [2.24, 2.45) is 0 Å². The molecular weight excluding hydrogens is 74.9 g/mol. The Morgan fingerprint density at radius 1 is 1.83 bits per heavy atom. The Morgan fingerprint density at radius 3 is 2.67 bits per heavy atom. The van der Waals surface area contributed by atoms with Crippen LogP contribution in [0.2, 0.25) is 6.32 Å². The van der Waals surface area contributed by atoms with E-state index in [0.29, 0.717) is 6.10 Å². The van der Waals surface area contributed by atoms with Gasteiger partial charge in [-0.1, -0.05) is 6.32 Å². The first-order chi connectivity index (χ1) is 2.93. The molecule has 1 saturated heterocycles. The standard InChI is InChI=1S/C4H7BO/c5-2-1-4-3-6-4/h4H,1-3H2. The van der Waals surface area contributed by atoms with Crippen LogP contribution in [0.5, 0.6) is 0 Å². The minimum absolute atomic E-state index is 0.523. The lowest BCUT2D eigenvalue weighted by molar-refractivity contribution is 0.403. The lowest BCUT2D eigenvalue weighted by atomic mass is 10.0. The monoisotopic (exact) mass is 82.1 g/mol. The normalized spacial score (nSPS) is 30.3. The number of ether oxygens (including phenoxy) is 1.